The molecule has 5 heteroatoms. The van der Waals surface area contributed by atoms with E-state index in [4.69, 9.17) is 11.6 Å². The van der Waals surface area contributed by atoms with E-state index in [0.717, 1.165) is 5.56 Å². The third kappa shape index (κ3) is 4.10. The first-order chi connectivity index (χ1) is 12.5. The molecule has 0 saturated carbocycles. The number of hydrogen-bond donors (Lipinski definition) is 2. The molecule has 2 amide bonds. The van der Waals surface area contributed by atoms with Crippen molar-refractivity contribution in [2.24, 2.45) is 0 Å². The highest BCUT2D eigenvalue weighted by Crippen LogP contribution is 2.26. The number of nitrogens with one attached hydrogen (secondary N) is 2. The Kier molecular flexibility index (Phi) is 5.34. The third-order valence-corrected chi connectivity index (χ3v) is 4.23. The van der Waals surface area contributed by atoms with Gasteiger partial charge in [0.1, 0.15) is 0 Å². The minimum Gasteiger partial charge on any atom is -0.322 e. The minimum atomic E-state index is -0.269. The molecule has 0 radical (unpaired) electrons. The van der Waals surface area contributed by atoms with Crippen molar-refractivity contribution in [1.82, 2.24) is 0 Å². The molecule has 3 aromatic carbocycles. The number of carbonyl (C=O) groups excluding carboxylic acids is 2. The van der Waals surface area contributed by atoms with Crippen LogP contribution in [0.4, 0.5) is 11.4 Å². The summed E-state index contributed by atoms with van der Waals surface area (Å²) in [5.41, 5.74) is 2.99. The molecule has 3 rings (SSSR count). The van der Waals surface area contributed by atoms with Gasteiger partial charge >= 0.3 is 0 Å². The van der Waals surface area contributed by atoms with Gasteiger partial charge in [0, 0.05) is 16.8 Å². The first-order valence-electron chi connectivity index (χ1n) is 8.07. The Morgan fingerprint density at radius 2 is 1.50 bits per heavy atom. The summed E-state index contributed by atoms with van der Waals surface area (Å²) in [6.07, 6.45) is 0. The number of rotatable bonds is 4. The first-order valence-corrected chi connectivity index (χ1v) is 8.45. The molecule has 0 heterocycles. The van der Waals surface area contributed by atoms with Crippen molar-refractivity contribution >= 4 is 34.8 Å². The van der Waals surface area contributed by atoms with Gasteiger partial charge < -0.3 is 10.6 Å². The Balaban J connectivity index is 1.78. The van der Waals surface area contributed by atoms with E-state index in [1.165, 1.54) is 0 Å². The predicted octanol–water partition coefficient (Wildman–Crippen LogP) is 5.15. The maximum atomic E-state index is 12.4. The van der Waals surface area contributed by atoms with Crippen LogP contribution in [0, 0.1) is 6.92 Å². The maximum absolute atomic E-state index is 12.4. The molecule has 0 aliphatic carbocycles. The lowest BCUT2D eigenvalue weighted by Gasteiger charge is -2.11. The van der Waals surface area contributed by atoms with Gasteiger partial charge in [-0.15, -0.1) is 0 Å². The zero-order chi connectivity index (χ0) is 18.5. The molecule has 0 aliphatic heterocycles. The van der Waals surface area contributed by atoms with Crippen LogP contribution in [0.5, 0.6) is 0 Å². The molecule has 3 aromatic rings. The Hall–Kier alpha value is -3.11. The van der Waals surface area contributed by atoms with Gasteiger partial charge in [0.05, 0.1) is 10.7 Å². The van der Waals surface area contributed by atoms with Gasteiger partial charge in [-0.3, -0.25) is 9.59 Å². The van der Waals surface area contributed by atoms with Gasteiger partial charge in [-0.1, -0.05) is 48.0 Å². The highest BCUT2D eigenvalue weighted by Gasteiger charge is 2.12. The molecule has 0 fully saturated rings. The summed E-state index contributed by atoms with van der Waals surface area (Å²) in [5, 5.41) is 5.99. The summed E-state index contributed by atoms with van der Waals surface area (Å²) >= 11 is 6.18. The molecule has 0 spiro atoms. The van der Waals surface area contributed by atoms with E-state index >= 15 is 0 Å². The van der Waals surface area contributed by atoms with Crippen LogP contribution >= 0.6 is 11.6 Å². The van der Waals surface area contributed by atoms with Gasteiger partial charge in [-0.25, -0.2) is 0 Å². The van der Waals surface area contributed by atoms with E-state index < -0.39 is 0 Å². The summed E-state index contributed by atoms with van der Waals surface area (Å²) in [7, 11) is 0. The zero-order valence-electron chi connectivity index (χ0n) is 14.1. The first kappa shape index (κ1) is 17.7. The second-order valence-electron chi connectivity index (χ2n) is 5.78. The number of carbonyl (C=O) groups is 2. The van der Waals surface area contributed by atoms with Crippen LogP contribution < -0.4 is 10.6 Å². The van der Waals surface area contributed by atoms with E-state index in [1.807, 2.05) is 31.2 Å². The zero-order valence-corrected chi connectivity index (χ0v) is 14.9. The van der Waals surface area contributed by atoms with Crippen LogP contribution in [0.25, 0.3) is 0 Å². The number of anilines is 2. The van der Waals surface area contributed by atoms with Crippen molar-refractivity contribution in [2.75, 3.05) is 10.6 Å². The molecule has 0 unspecified atom stereocenters. The summed E-state index contributed by atoms with van der Waals surface area (Å²) in [4.78, 5) is 24.8. The van der Waals surface area contributed by atoms with Gasteiger partial charge in [0.2, 0.25) is 0 Å². The molecule has 0 bridgehead atoms. The van der Waals surface area contributed by atoms with Crippen LogP contribution in [-0.4, -0.2) is 11.8 Å². The van der Waals surface area contributed by atoms with Crippen molar-refractivity contribution < 1.29 is 9.59 Å². The second kappa shape index (κ2) is 7.85. The lowest BCUT2D eigenvalue weighted by Crippen LogP contribution is -2.15. The van der Waals surface area contributed by atoms with Gasteiger partial charge in [-0.2, -0.15) is 0 Å². The number of benzene rings is 3. The largest absolute Gasteiger partial charge is 0.322 e. The standard InChI is InChI=1S/C21H17ClN2O2/c1-14-7-5-6-10-17(14)21(26)23-16-11-12-18(22)19(13-16)24-20(25)15-8-3-2-4-9-15/h2-13H,1H3,(H,23,26)(H,24,25). The molecule has 130 valence electrons. The van der Waals surface area contributed by atoms with Crippen LogP contribution in [-0.2, 0) is 0 Å². The Labute approximate surface area is 156 Å². The van der Waals surface area contributed by atoms with Crippen molar-refractivity contribution in [3.63, 3.8) is 0 Å². The second-order valence-corrected chi connectivity index (χ2v) is 6.19. The lowest BCUT2D eigenvalue weighted by molar-refractivity contribution is 0.101. The SMILES string of the molecule is Cc1ccccc1C(=O)Nc1ccc(Cl)c(NC(=O)c2ccccc2)c1. The fraction of sp³-hybridized carbons (Fsp3) is 0.0476. The molecule has 0 saturated heterocycles. The number of hydrogen-bond acceptors (Lipinski definition) is 2. The summed E-state index contributed by atoms with van der Waals surface area (Å²) < 4.78 is 0. The fourth-order valence-corrected chi connectivity index (χ4v) is 2.67. The Morgan fingerprint density at radius 1 is 0.808 bits per heavy atom. The average Bonchev–Trinajstić information content (AvgIpc) is 2.65. The van der Waals surface area contributed by atoms with Crippen molar-refractivity contribution in [2.45, 2.75) is 6.92 Å². The normalized spacial score (nSPS) is 10.2. The van der Waals surface area contributed by atoms with E-state index in [-0.39, 0.29) is 11.8 Å². The van der Waals surface area contributed by atoms with E-state index in [2.05, 4.69) is 10.6 Å². The minimum absolute atomic E-state index is 0.217. The van der Waals surface area contributed by atoms with Crippen molar-refractivity contribution in [1.29, 1.82) is 0 Å². The number of halogens is 1. The molecular formula is C21H17ClN2O2. The van der Waals surface area contributed by atoms with E-state index in [1.54, 1.807) is 48.5 Å². The predicted molar refractivity (Wildman–Crippen MR) is 105 cm³/mol. The van der Waals surface area contributed by atoms with Crippen LogP contribution in [0.3, 0.4) is 0 Å². The summed E-state index contributed by atoms with van der Waals surface area (Å²) in [6.45, 7) is 1.88. The monoisotopic (exact) mass is 364 g/mol. The summed E-state index contributed by atoms with van der Waals surface area (Å²) in [5.74, 6) is -0.486. The molecule has 0 aliphatic rings. The van der Waals surface area contributed by atoms with Gasteiger partial charge in [-0.05, 0) is 48.9 Å². The van der Waals surface area contributed by atoms with Crippen molar-refractivity contribution in [3.05, 3.63) is 94.5 Å². The quantitative estimate of drug-likeness (QED) is 0.672. The number of amides is 2. The molecule has 2 N–H and O–H groups in total. The van der Waals surface area contributed by atoms with Crippen LogP contribution in [0.15, 0.2) is 72.8 Å². The molecule has 0 aromatic heterocycles. The van der Waals surface area contributed by atoms with Crippen LogP contribution in [0.2, 0.25) is 5.02 Å². The smallest absolute Gasteiger partial charge is 0.255 e. The van der Waals surface area contributed by atoms with Gasteiger partial charge in [0.25, 0.3) is 11.8 Å². The highest BCUT2D eigenvalue weighted by atomic mass is 35.5. The molecular weight excluding hydrogens is 348 g/mol. The lowest BCUT2D eigenvalue weighted by atomic mass is 10.1. The third-order valence-electron chi connectivity index (χ3n) is 3.90. The Morgan fingerprint density at radius 3 is 2.23 bits per heavy atom. The Bertz CT molecular complexity index is 955. The average molecular weight is 365 g/mol. The number of aryl methyl sites for hydroxylation is 1. The van der Waals surface area contributed by atoms with E-state index in [0.29, 0.717) is 27.5 Å². The van der Waals surface area contributed by atoms with Gasteiger partial charge in [0.15, 0.2) is 0 Å². The molecule has 4 nitrogen and oxygen atoms in total. The van der Waals surface area contributed by atoms with E-state index in [9.17, 15) is 9.59 Å². The molecule has 26 heavy (non-hydrogen) atoms. The van der Waals surface area contributed by atoms with Crippen LogP contribution in [0.1, 0.15) is 26.3 Å². The van der Waals surface area contributed by atoms with Crippen molar-refractivity contribution in [3.8, 4) is 0 Å². The molecule has 0 atom stereocenters. The topological polar surface area (TPSA) is 58.2 Å². The maximum Gasteiger partial charge on any atom is 0.255 e. The highest BCUT2D eigenvalue weighted by molar-refractivity contribution is 6.34. The summed E-state index contributed by atoms with van der Waals surface area (Å²) in [6, 6.07) is 21.1. The fourth-order valence-electron chi connectivity index (χ4n) is 2.51.